The van der Waals surface area contributed by atoms with Gasteiger partial charge >= 0.3 is 0 Å². The van der Waals surface area contributed by atoms with Crippen LogP contribution in [0.2, 0.25) is 0 Å². The van der Waals surface area contributed by atoms with E-state index in [4.69, 9.17) is 4.42 Å². The summed E-state index contributed by atoms with van der Waals surface area (Å²) in [6, 6.07) is 14.7. The first kappa shape index (κ1) is 18.2. The summed E-state index contributed by atoms with van der Waals surface area (Å²) >= 11 is 0. The Morgan fingerprint density at radius 2 is 1.74 bits per heavy atom. The molecule has 0 amide bonds. The predicted octanol–water partition coefficient (Wildman–Crippen LogP) is 3.03. The smallest absolute Gasteiger partial charge is 0.135 e. The van der Waals surface area contributed by atoms with Gasteiger partial charge in [-0.05, 0) is 57.2 Å². The van der Waals surface area contributed by atoms with Crippen molar-refractivity contribution in [1.82, 2.24) is 14.7 Å². The fourth-order valence-electron chi connectivity index (χ4n) is 4.27. The lowest BCUT2D eigenvalue weighted by Crippen LogP contribution is -2.52. The molecular weight excluding hydrogens is 336 g/mol. The van der Waals surface area contributed by atoms with Gasteiger partial charge in [0.25, 0.3) is 0 Å². The van der Waals surface area contributed by atoms with Crippen molar-refractivity contribution in [1.29, 1.82) is 5.26 Å². The molecule has 0 N–H and O–H groups in total. The maximum atomic E-state index is 9.29. The normalized spacial score (nSPS) is 20.6. The minimum Gasteiger partial charge on any atom is -0.460 e. The topological polar surface area (TPSA) is 46.6 Å². The Balaban J connectivity index is 1.32. The van der Waals surface area contributed by atoms with Gasteiger partial charge in [0.1, 0.15) is 11.5 Å². The summed E-state index contributed by atoms with van der Waals surface area (Å²) in [5.74, 6) is 1.76. The summed E-state index contributed by atoms with van der Waals surface area (Å²) in [4.78, 5) is 7.59. The summed E-state index contributed by atoms with van der Waals surface area (Å²) in [5.41, 5.74) is 1.53. The Labute approximate surface area is 161 Å². The van der Waals surface area contributed by atoms with Gasteiger partial charge in [0.2, 0.25) is 0 Å². The van der Waals surface area contributed by atoms with Crippen LogP contribution < -0.4 is 0 Å². The third kappa shape index (κ3) is 4.24. The van der Waals surface area contributed by atoms with E-state index in [1.807, 2.05) is 36.4 Å². The molecule has 3 heterocycles. The molecule has 2 saturated heterocycles. The molecule has 27 heavy (non-hydrogen) atoms. The van der Waals surface area contributed by atoms with Crippen LogP contribution in [0, 0.1) is 11.3 Å². The fraction of sp³-hybridized carbons (Fsp3) is 0.500. The number of likely N-dealkylation sites (tertiary alicyclic amines) is 1. The lowest BCUT2D eigenvalue weighted by molar-refractivity contribution is 0.0594. The molecule has 0 unspecified atom stereocenters. The van der Waals surface area contributed by atoms with Crippen LogP contribution in [0.3, 0.4) is 0 Å². The Morgan fingerprint density at radius 1 is 1.00 bits per heavy atom. The van der Waals surface area contributed by atoms with Crippen LogP contribution in [-0.4, -0.2) is 67.1 Å². The first-order chi connectivity index (χ1) is 13.2. The molecule has 1 aromatic heterocycles. The van der Waals surface area contributed by atoms with Crippen molar-refractivity contribution in [3.63, 3.8) is 0 Å². The molecule has 2 fully saturated rings. The van der Waals surface area contributed by atoms with Gasteiger partial charge < -0.3 is 9.32 Å². The Kier molecular flexibility index (Phi) is 5.58. The number of rotatable bonds is 4. The van der Waals surface area contributed by atoms with Gasteiger partial charge in [-0.1, -0.05) is 12.1 Å². The zero-order valence-electron chi connectivity index (χ0n) is 16.1. The number of benzene rings is 1. The molecule has 0 atom stereocenters. The van der Waals surface area contributed by atoms with E-state index in [2.05, 4.69) is 27.8 Å². The summed E-state index contributed by atoms with van der Waals surface area (Å²) in [7, 11) is 2.22. The van der Waals surface area contributed by atoms with E-state index in [9.17, 15) is 5.26 Å². The number of furan rings is 1. The molecule has 2 aliphatic heterocycles. The van der Waals surface area contributed by atoms with Gasteiger partial charge in [-0.2, -0.15) is 5.26 Å². The molecule has 0 aliphatic carbocycles. The van der Waals surface area contributed by atoms with E-state index >= 15 is 0 Å². The van der Waals surface area contributed by atoms with Crippen molar-refractivity contribution < 1.29 is 4.42 Å². The Morgan fingerprint density at radius 3 is 2.48 bits per heavy atom. The van der Waals surface area contributed by atoms with Crippen LogP contribution in [0.1, 0.15) is 24.2 Å². The zero-order chi connectivity index (χ0) is 18.6. The first-order valence-corrected chi connectivity index (χ1v) is 9.96. The fourth-order valence-corrected chi connectivity index (χ4v) is 4.27. The quantitative estimate of drug-likeness (QED) is 0.834. The Hall–Kier alpha value is -2.13. The molecule has 2 aromatic rings. The molecular formula is C22H28N4O. The third-order valence-electron chi connectivity index (χ3n) is 5.97. The van der Waals surface area contributed by atoms with Gasteiger partial charge in [-0.3, -0.25) is 9.80 Å². The van der Waals surface area contributed by atoms with Crippen molar-refractivity contribution in [3.05, 3.63) is 47.7 Å². The van der Waals surface area contributed by atoms with Crippen molar-refractivity contribution in [2.75, 3.05) is 46.3 Å². The minimum absolute atomic E-state index is 0.658. The molecule has 0 radical (unpaired) electrons. The second kappa shape index (κ2) is 8.26. The van der Waals surface area contributed by atoms with Crippen LogP contribution in [0.4, 0.5) is 0 Å². The minimum atomic E-state index is 0.658. The molecule has 5 heteroatoms. The van der Waals surface area contributed by atoms with E-state index in [1.54, 1.807) is 0 Å². The highest BCUT2D eigenvalue weighted by Crippen LogP contribution is 2.26. The van der Waals surface area contributed by atoms with Crippen molar-refractivity contribution >= 4 is 0 Å². The average molecular weight is 364 g/mol. The molecule has 5 nitrogen and oxygen atoms in total. The number of nitriles is 1. The maximum absolute atomic E-state index is 9.29. The molecule has 1 aromatic carbocycles. The van der Waals surface area contributed by atoms with Gasteiger partial charge in [0.05, 0.1) is 18.2 Å². The van der Waals surface area contributed by atoms with Crippen molar-refractivity contribution in [2.45, 2.75) is 25.4 Å². The summed E-state index contributed by atoms with van der Waals surface area (Å²) in [5, 5.41) is 9.29. The van der Waals surface area contributed by atoms with Gasteiger partial charge in [-0.25, -0.2) is 0 Å². The average Bonchev–Trinajstić information content (AvgIpc) is 3.17. The van der Waals surface area contributed by atoms with E-state index in [1.165, 1.54) is 25.9 Å². The van der Waals surface area contributed by atoms with E-state index in [0.29, 0.717) is 5.56 Å². The van der Waals surface area contributed by atoms with Crippen LogP contribution in [0.5, 0.6) is 0 Å². The van der Waals surface area contributed by atoms with Crippen LogP contribution >= 0.6 is 0 Å². The van der Waals surface area contributed by atoms with E-state index < -0.39 is 0 Å². The summed E-state index contributed by atoms with van der Waals surface area (Å²) in [6.07, 6.45) is 2.60. The highest BCUT2D eigenvalue weighted by molar-refractivity contribution is 5.66. The summed E-state index contributed by atoms with van der Waals surface area (Å²) < 4.78 is 6.06. The van der Waals surface area contributed by atoms with Gasteiger partial charge in [0.15, 0.2) is 0 Å². The number of hydrogen-bond donors (Lipinski definition) is 0. The van der Waals surface area contributed by atoms with E-state index in [0.717, 1.165) is 55.8 Å². The Bertz CT molecular complexity index is 793. The van der Waals surface area contributed by atoms with Crippen LogP contribution in [-0.2, 0) is 6.54 Å². The molecule has 0 spiro atoms. The third-order valence-corrected chi connectivity index (χ3v) is 5.97. The lowest BCUT2D eigenvalue weighted by atomic mass is 10.0. The number of hydrogen-bond acceptors (Lipinski definition) is 5. The second-order valence-corrected chi connectivity index (χ2v) is 7.77. The SMILES string of the molecule is CN1CCC(N2CCN(Cc3ccc(-c4ccccc4C#N)o3)CC2)CC1. The largest absolute Gasteiger partial charge is 0.460 e. The highest BCUT2D eigenvalue weighted by atomic mass is 16.3. The number of piperazine rings is 1. The standard InChI is InChI=1S/C22H28N4O/c1-24-10-8-19(9-11-24)26-14-12-25(13-15-26)17-20-6-7-22(27-20)21-5-3-2-4-18(21)16-23/h2-7,19H,8-15,17H2,1H3. The second-order valence-electron chi connectivity index (χ2n) is 7.77. The zero-order valence-corrected chi connectivity index (χ0v) is 16.1. The highest BCUT2D eigenvalue weighted by Gasteiger charge is 2.26. The van der Waals surface area contributed by atoms with Crippen LogP contribution in [0.25, 0.3) is 11.3 Å². The number of nitrogens with zero attached hydrogens (tertiary/aromatic N) is 4. The summed E-state index contributed by atoms with van der Waals surface area (Å²) in [6.45, 7) is 7.79. The molecule has 0 bridgehead atoms. The molecule has 2 aliphatic rings. The molecule has 0 saturated carbocycles. The van der Waals surface area contributed by atoms with Crippen LogP contribution in [0.15, 0.2) is 40.8 Å². The lowest BCUT2D eigenvalue weighted by Gasteiger charge is -2.42. The monoisotopic (exact) mass is 364 g/mol. The maximum Gasteiger partial charge on any atom is 0.135 e. The first-order valence-electron chi connectivity index (χ1n) is 9.96. The van der Waals surface area contributed by atoms with Gasteiger partial charge in [0, 0.05) is 37.8 Å². The van der Waals surface area contributed by atoms with Crippen molar-refractivity contribution in [3.8, 4) is 17.4 Å². The van der Waals surface area contributed by atoms with Gasteiger partial charge in [-0.15, -0.1) is 0 Å². The van der Waals surface area contributed by atoms with Crippen molar-refractivity contribution in [2.24, 2.45) is 0 Å². The van der Waals surface area contributed by atoms with E-state index in [-0.39, 0.29) is 0 Å². The molecule has 142 valence electrons. The number of piperidine rings is 1. The molecule has 4 rings (SSSR count). The predicted molar refractivity (Wildman–Crippen MR) is 106 cm³/mol.